The van der Waals surface area contributed by atoms with Crippen LogP contribution in [0.5, 0.6) is 11.5 Å². The highest BCUT2D eigenvalue weighted by atomic mass is 16.5. The maximum absolute atomic E-state index is 12.3. The van der Waals surface area contributed by atoms with E-state index in [1.54, 1.807) is 6.92 Å². The molecule has 0 fully saturated rings. The van der Waals surface area contributed by atoms with Gasteiger partial charge in [-0.1, -0.05) is 6.92 Å². The fourth-order valence-corrected chi connectivity index (χ4v) is 3.60. The van der Waals surface area contributed by atoms with E-state index in [-0.39, 0.29) is 36.2 Å². The van der Waals surface area contributed by atoms with Crippen LogP contribution in [0.2, 0.25) is 0 Å². The van der Waals surface area contributed by atoms with Crippen molar-refractivity contribution in [3.63, 3.8) is 0 Å². The van der Waals surface area contributed by atoms with Crippen molar-refractivity contribution in [2.24, 2.45) is 0 Å². The zero-order valence-corrected chi connectivity index (χ0v) is 15.7. The molecule has 0 aromatic heterocycles. The molecule has 1 aliphatic rings. The summed E-state index contributed by atoms with van der Waals surface area (Å²) in [5, 5.41) is 40.0. The summed E-state index contributed by atoms with van der Waals surface area (Å²) in [6.07, 6.45) is -1.33. The minimum atomic E-state index is -1.46. The molecule has 1 aromatic rings. The van der Waals surface area contributed by atoms with Gasteiger partial charge in [0.2, 0.25) is 0 Å². The highest BCUT2D eigenvalue weighted by Gasteiger charge is 2.39. The first-order valence-electron chi connectivity index (χ1n) is 8.56. The van der Waals surface area contributed by atoms with Crippen molar-refractivity contribution >= 4 is 11.8 Å². The number of ether oxygens (including phenoxy) is 1. The summed E-state index contributed by atoms with van der Waals surface area (Å²) in [6.45, 7) is 8.30. The third-order valence-electron chi connectivity index (χ3n) is 4.90. The number of aliphatic hydroxyl groups is 1. The second kappa shape index (κ2) is 6.89. The largest absolute Gasteiger partial charge is 0.507 e. The summed E-state index contributed by atoms with van der Waals surface area (Å²) in [6, 6.07) is 0. The quantitative estimate of drug-likeness (QED) is 0.631. The molecule has 0 radical (unpaired) electrons. The van der Waals surface area contributed by atoms with Gasteiger partial charge in [0.15, 0.2) is 0 Å². The Balaban J connectivity index is 2.58. The number of carboxylic acids is 1. The standard InChI is InChI=1S/C19H26O7/c1-8-10(3)26-12(6-11(20)7-19(4,5)25)14-13(8)9(2)16(21)15(17(14)22)18(23)24/h8,10,12,21-22,25H,6-7H2,1-5H3,(H,23,24)/t8-,10-,12-/m1/s1. The van der Waals surface area contributed by atoms with Crippen LogP contribution < -0.4 is 0 Å². The number of ketones is 1. The molecule has 7 heteroatoms. The average Bonchev–Trinajstić information content (AvgIpc) is 2.46. The van der Waals surface area contributed by atoms with Gasteiger partial charge < -0.3 is 25.2 Å². The zero-order valence-electron chi connectivity index (χ0n) is 15.7. The fourth-order valence-electron chi connectivity index (χ4n) is 3.60. The molecule has 1 heterocycles. The van der Waals surface area contributed by atoms with Gasteiger partial charge in [0.05, 0.1) is 17.8 Å². The molecule has 7 nitrogen and oxygen atoms in total. The Bertz CT molecular complexity index is 745. The third-order valence-corrected chi connectivity index (χ3v) is 4.90. The van der Waals surface area contributed by atoms with Crippen LogP contribution in [-0.2, 0) is 9.53 Å². The van der Waals surface area contributed by atoms with E-state index in [0.29, 0.717) is 11.1 Å². The van der Waals surface area contributed by atoms with Crippen molar-refractivity contribution < 1.29 is 34.8 Å². The molecule has 144 valence electrons. The fraction of sp³-hybridized carbons (Fsp3) is 0.579. The van der Waals surface area contributed by atoms with E-state index >= 15 is 0 Å². The number of hydrogen-bond acceptors (Lipinski definition) is 6. The van der Waals surface area contributed by atoms with E-state index in [2.05, 4.69) is 0 Å². The molecule has 0 aliphatic carbocycles. The Labute approximate surface area is 152 Å². The third kappa shape index (κ3) is 3.68. The first-order valence-corrected chi connectivity index (χ1v) is 8.56. The van der Waals surface area contributed by atoms with Gasteiger partial charge in [-0.25, -0.2) is 4.79 Å². The van der Waals surface area contributed by atoms with Crippen LogP contribution in [0, 0.1) is 6.92 Å². The lowest BCUT2D eigenvalue weighted by Crippen LogP contribution is -2.31. The van der Waals surface area contributed by atoms with Crippen molar-refractivity contribution in [3.05, 3.63) is 22.3 Å². The number of fused-ring (bicyclic) bond motifs is 1. The van der Waals surface area contributed by atoms with Crippen LogP contribution in [0.15, 0.2) is 0 Å². The summed E-state index contributed by atoms with van der Waals surface area (Å²) in [7, 11) is 0. The minimum Gasteiger partial charge on any atom is -0.507 e. The number of carbonyl (C=O) groups excluding carboxylic acids is 1. The average molecular weight is 366 g/mol. The molecule has 4 N–H and O–H groups in total. The predicted octanol–water partition coefficient (Wildman–Crippen LogP) is 2.79. The maximum atomic E-state index is 12.3. The molecule has 1 aliphatic heterocycles. The first kappa shape index (κ1) is 20.2. The molecule has 0 spiro atoms. The summed E-state index contributed by atoms with van der Waals surface area (Å²) in [5.74, 6) is -2.98. The van der Waals surface area contributed by atoms with Gasteiger partial charge in [0, 0.05) is 24.3 Å². The monoisotopic (exact) mass is 366 g/mol. The molecule has 1 aromatic carbocycles. The summed E-state index contributed by atoms with van der Waals surface area (Å²) < 4.78 is 5.88. The summed E-state index contributed by atoms with van der Waals surface area (Å²) in [5.41, 5.74) is -0.575. The smallest absolute Gasteiger partial charge is 0.343 e. The highest BCUT2D eigenvalue weighted by molar-refractivity contribution is 5.96. The number of aromatic carboxylic acids is 1. The normalized spacial score (nSPS) is 22.8. The Morgan fingerprint density at radius 1 is 1.12 bits per heavy atom. The van der Waals surface area contributed by atoms with Crippen molar-refractivity contribution in [3.8, 4) is 11.5 Å². The van der Waals surface area contributed by atoms with Gasteiger partial charge in [-0.15, -0.1) is 0 Å². The molecular weight excluding hydrogens is 340 g/mol. The number of rotatable bonds is 5. The Morgan fingerprint density at radius 3 is 2.19 bits per heavy atom. The number of carbonyl (C=O) groups is 2. The van der Waals surface area contributed by atoms with Crippen LogP contribution in [0.25, 0.3) is 0 Å². The van der Waals surface area contributed by atoms with Crippen molar-refractivity contribution in [2.75, 3.05) is 0 Å². The molecule has 3 atom stereocenters. The van der Waals surface area contributed by atoms with Crippen LogP contribution in [-0.4, -0.2) is 43.9 Å². The second-order valence-corrected chi connectivity index (χ2v) is 7.68. The predicted molar refractivity (Wildman–Crippen MR) is 93.7 cm³/mol. The molecule has 26 heavy (non-hydrogen) atoms. The lowest BCUT2D eigenvalue weighted by atomic mass is 9.80. The summed E-state index contributed by atoms with van der Waals surface area (Å²) in [4.78, 5) is 23.8. The van der Waals surface area contributed by atoms with E-state index in [0.717, 1.165) is 0 Å². The Kier molecular flexibility index (Phi) is 5.35. The number of phenols is 2. The van der Waals surface area contributed by atoms with Gasteiger partial charge in [-0.05, 0) is 38.8 Å². The maximum Gasteiger partial charge on any atom is 0.343 e. The molecule has 0 saturated carbocycles. The van der Waals surface area contributed by atoms with Crippen LogP contribution in [0.3, 0.4) is 0 Å². The Hall–Kier alpha value is -2.12. The van der Waals surface area contributed by atoms with E-state index in [4.69, 9.17) is 4.74 Å². The van der Waals surface area contributed by atoms with Crippen LogP contribution in [0.4, 0.5) is 0 Å². The SMILES string of the molecule is Cc1c(O)c(C(=O)O)c(O)c2c1[C@H](C)[C@@H](C)O[C@@H]2CC(=O)CC(C)(C)O. The first-order chi connectivity index (χ1) is 11.8. The molecule has 2 rings (SSSR count). The van der Waals surface area contributed by atoms with Gasteiger partial charge >= 0.3 is 5.97 Å². The molecule has 0 saturated heterocycles. The van der Waals surface area contributed by atoms with Crippen molar-refractivity contribution in [1.29, 1.82) is 0 Å². The molecule has 0 amide bonds. The minimum absolute atomic E-state index is 0.0876. The zero-order chi connectivity index (χ0) is 20.0. The van der Waals surface area contributed by atoms with E-state index in [9.17, 15) is 30.0 Å². The molecule has 0 unspecified atom stereocenters. The molecular formula is C19H26O7. The number of aromatic hydroxyl groups is 2. The van der Waals surface area contributed by atoms with Gasteiger partial charge in [0.25, 0.3) is 0 Å². The lowest BCUT2D eigenvalue weighted by Gasteiger charge is -2.37. The number of benzene rings is 1. The molecule has 0 bridgehead atoms. The summed E-state index contributed by atoms with van der Waals surface area (Å²) >= 11 is 0. The lowest BCUT2D eigenvalue weighted by molar-refractivity contribution is -0.128. The van der Waals surface area contributed by atoms with Crippen LogP contribution >= 0.6 is 0 Å². The van der Waals surface area contributed by atoms with Crippen LogP contribution in [0.1, 0.15) is 79.6 Å². The van der Waals surface area contributed by atoms with Crippen molar-refractivity contribution in [2.45, 2.75) is 71.2 Å². The Morgan fingerprint density at radius 2 is 1.69 bits per heavy atom. The second-order valence-electron chi connectivity index (χ2n) is 7.68. The van der Waals surface area contributed by atoms with E-state index in [1.807, 2.05) is 13.8 Å². The van der Waals surface area contributed by atoms with E-state index in [1.165, 1.54) is 13.8 Å². The van der Waals surface area contributed by atoms with Gasteiger partial charge in [-0.3, -0.25) is 4.79 Å². The number of carboxylic acid groups (broad SMARTS) is 1. The van der Waals surface area contributed by atoms with Crippen molar-refractivity contribution in [1.82, 2.24) is 0 Å². The van der Waals surface area contributed by atoms with Gasteiger partial charge in [0.1, 0.15) is 22.8 Å². The topological polar surface area (TPSA) is 124 Å². The highest BCUT2D eigenvalue weighted by Crippen LogP contribution is 2.49. The number of hydrogen-bond donors (Lipinski definition) is 4. The van der Waals surface area contributed by atoms with Gasteiger partial charge in [-0.2, -0.15) is 0 Å². The number of Topliss-reactive ketones (excluding diaryl/α,β-unsaturated/α-hetero) is 1. The van der Waals surface area contributed by atoms with E-state index < -0.39 is 34.7 Å².